The summed E-state index contributed by atoms with van der Waals surface area (Å²) in [5.41, 5.74) is 0. The van der Waals surface area contributed by atoms with E-state index in [-0.39, 0.29) is 5.92 Å². The Kier molecular flexibility index (Phi) is 2.68. The minimum Gasteiger partial charge on any atom is -0.484 e. The summed E-state index contributed by atoms with van der Waals surface area (Å²) in [7, 11) is 1.54. The summed E-state index contributed by atoms with van der Waals surface area (Å²) >= 11 is 0. The molecule has 3 nitrogen and oxygen atoms in total. The molecule has 0 spiro atoms. The van der Waals surface area contributed by atoms with Crippen molar-refractivity contribution in [2.75, 3.05) is 20.3 Å². The fourth-order valence-corrected chi connectivity index (χ4v) is 1.11. The van der Waals surface area contributed by atoms with Gasteiger partial charge < -0.3 is 9.47 Å². The molecule has 3 heteroatoms. The summed E-state index contributed by atoms with van der Waals surface area (Å²) in [6.45, 7) is 1.50. The molecule has 1 aliphatic heterocycles. The highest BCUT2D eigenvalue weighted by Gasteiger charge is 2.18. The molecule has 1 aliphatic rings. The quantitative estimate of drug-likeness (QED) is 0.440. The van der Waals surface area contributed by atoms with Crippen LogP contribution in [-0.4, -0.2) is 26.2 Å². The van der Waals surface area contributed by atoms with Crippen LogP contribution in [0.1, 0.15) is 12.8 Å². The van der Waals surface area contributed by atoms with E-state index in [2.05, 4.69) is 0 Å². The third kappa shape index (κ3) is 1.70. The van der Waals surface area contributed by atoms with Crippen molar-refractivity contribution >= 4 is 5.90 Å². The Balaban J connectivity index is 2.31. The molecule has 0 saturated carbocycles. The molecule has 10 heavy (non-hydrogen) atoms. The Morgan fingerprint density at radius 1 is 1.70 bits per heavy atom. The first kappa shape index (κ1) is 7.54. The summed E-state index contributed by atoms with van der Waals surface area (Å²) in [4.78, 5) is 0. The molecule has 1 heterocycles. The van der Waals surface area contributed by atoms with Gasteiger partial charge in [-0.3, -0.25) is 5.41 Å². The highest BCUT2D eigenvalue weighted by atomic mass is 16.5. The first-order valence-electron chi connectivity index (χ1n) is 3.54. The molecule has 1 saturated heterocycles. The molecule has 0 aromatic rings. The fourth-order valence-electron chi connectivity index (χ4n) is 1.11. The number of ether oxygens (including phenoxy) is 2. The molecule has 0 aromatic heterocycles. The summed E-state index contributed by atoms with van der Waals surface area (Å²) in [6.07, 6.45) is 2.09. The topological polar surface area (TPSA) is 42.3 Å². The molecule has 0 bridgehead atoms. The molecule has 1 atom stereocenters. The third-order valence-corrected chi connectivity index (χ3v) is 1.75. The summed E-state index contributed by atoms with van der Waals surface area (Å²) < 4.78 is 9.98. The van der Waals surface area contributed by atoms with Gasteiger partial charge in [-0.25, -0.2) is 0 Å². The van der Waals surface area contributed by atoms with E-state index in [0.29, 0.717) is 12.5 Å². The predicted molar refractivity (Wildman–Crippen MR) is 38.3 cm³/mol. The molecule has 58 valence electrons. The van der Waals surface area contributed by atoms with Crippen molar-refractivity contribution in [3.8, 4) is 0 Å². The van der Waals surface area contributed by atoms with E-state index >= 15 is 0 Å². The van der Waals surface area contributed by atoms with Gasteiger partial charge in [-0.2, -0.15) is 0 Å². The summed E-state index contributed by atoms with van der Waals surface area (Å²) in [6, 6.07) is 0. The van der Waals surface area contributed by atoms with E-state index in [1.54, 1.807) is 0 Å². The summed E-state index contributed by atoms with van der Waals surface area (Å²) in [5, 5.41) is 7.33. The second kappa shape index (κ2) is 3.56. The van der Waals surface area contributed by atoms with E-state index < -0.39 is 0 Å². The van der Waals surface area contributed by atoms with Gasteiger partial charge in [0.15, 0.2) is 5.90 Å². The van der Waals surface area contributed by atoms with Gasteiger partial charge in [0, 0.05) is 6.61 Å². The number of hydrogen-bond acceptors (Lipinski definition) is 3. The van der Waals surface area contributed by atoms with Gasteiger partial charge in [0.1, 0.15) is 0 Å². The lowest BCUT2D eigenvalue weighted by Gasteiger charge is -2.21. The number of hydrogen-bond donors (Lipinski definition) is 1. The normalized spacial score (nSPS) is 25.9. The molecule has 0 radical (unpaired) electrons. The van der Waals surface area contributed by atoms with Crippen LogP contribution in [-0.2, 0) is 9.47 Å². The Morgan fingerprint density at radius 3 is 3.00 bits per heavy atom. The SMILES string of the molecule is COC(=N)C1CCCOC1. The lowest BCUT2D eigenvalue weighted by atomic mass is 10.0. The van der Waals surface area contributed by atoms with Gasteiger partial charge in [0.2, 0.25) is 0 Å². The third-order valence-electron chi connectivity index (χ3n) is 1.75. The van der Waals surface area contributed by atoms with Gasteiger partial charge >= 0.3 is 0 Å². The number of methoxy groups -OCH3 is 1. The van der Waals surface area contributed by atoms with Gasteiger partial charge in [-0.15, -0.1) is 0 Å². The van der Waals surface area contributed by atoms with Gasteiger partial charge in [0.05, 0.1) is 19.6 Å². The van der Waals surface area contributed by atoms with Crippen LogP contribution in [0.4, 0.5) is 0 Å². The van der Waals surface area contributed by atoms with Crippen molar-refractivity contribution in [2.45, 2.75) is 12.8 Å². The van der Waals surface area contributed by atoms with Crippen LogP contribution in [0.3, 0.4) is 0 Å². The van der Waals surface area contributed by atoms with E-state index in [1.807, 2.05) is 0 Å². The van der Waals surface area contributed by atoms with Crippen molar-refractivity contribution in [1.82, 2.24) is 0 Å². The minimum atomic E-state index is 0.207. The largest absolute Gasteiger partial charge is 0.484 e. The molecular weight excluding hydrogens is 130 g/mol. The second-order valence-corrected chi connectivity index (χ2v) is 2.48. The van der Waals surface area contributed by atoms with E-state index in [0.717, 1.165) is 19.4 Å². The molecule has 1 unspecified atom stereocenters. The highest BCUT2D eigenvalue weighted by Crippen LogP contribution is 2.14. The van der Waals surface area contributed by atoms with Crippen molar-refractivity contribution in [2.24, 2.45) is 5.92 Å². The standard InChI is InChI=1S/C7H13NO2/c1-9-7(8)6-3-2-4-10-5-6/h6,8H,2-5H2,1H3. The fraction of sp³-hybridized carbons (Fsp3) is 0.857. The maximum atomic E-state index is 7.33. The maximum absolute atomic E-state index is 7.33. The average Bonchev–Trinajstić information content (AvgIpc) is 2.05. The lowest BCUT2D eigenvalue weighted by Crippen LogP contribution is -2.25. The van der Waals surface area contributed by atoms with Gasteiger partial charge in [-0.1, -0.05) is 0 Å². The molecule has 0 aromatic carbocycles. The number of nitrogens with one attached hydrogen (secondary N) is 1. The molecule has 0 amide bonds. The van der Waals surface area contributed by atoms with Crippen LogP contribution < -0.4 is 0 Å². The molecule has 1 fully saturated rings. The van der Waals surface area contributed by atoms with Crippen LogP contribution >= 0.6 is 0 Å². The Hall–Kier alpha value is -0.570. The van der Waals surface area contributed by atoms with E-state index in [1.165, 1.54) is 7.11 Å². The van der Waals surface area contributed by atoms with E-state index in [4.69, 9.17) is 14.9 Å². The van der Waals surface area contributed by atoms with E-state index in [9.17, 15) is 0 Å². The zero-order valence-corrected chi connectivity index (χ0v) is 6.22. The van der Waals surface area contributed by atoms with Crippen LogP contribution in [0.2, 0.25) is 0 Å². The Morgan fingerprint density at radius 2 is 2.50 bits per heavy atom. The van der Waals surface area contributed by atoms with Crippen LogP contribution in [0.5, 0.6) is 0 Å². The maximum Gasteiger partial charge on any atom is 0.185 e. The van der Waals surface area contributed by atoms with Crippen molar-refractivity contribution in [3.05, 3.63) is 0 Å². The first-order valence-corrected chi connectivity index (χ1v) is 3.54. The Labute approximate surface area is 60.8 Å². The highest BCUT2D eigenvalue weighted by molar-refractivity contribution is 5.75. The van der Waals surface area contributed by atoms with Crippen molar-refractivity contribution < 1.29 is 9.47 Å². The van der Waals surface area contributed by atoms with Crippen LogP contribution in [0.15, 0.2) is 0 Å². The van der Waals surface area contributed by atoms with Crippen molar-refractivity contribution in [3.63, 3.8) is 0 Å². The van der Waals surface area contributed by atoms with Crippen LogP contribution in [0.25, 0.3) is 0 Å². The van der Waals surface area contributed by atoms with Crippen LogP contribution in [0, 0.1) is 11.3 Å². The number of rotatable bonds is 1. The minimum absolute atomic E-state index is 0.207. The molecule has 1 rings (SSSR count). The Bertz CT molecular complexity index is 119. The second-order valence-electron chi connectivity index (χ2n) is 2.48. The zero-order valence-electron chi connectivity index (χ0n) is 6.22. The van der Waals surface area contributed by atoms with Crippen molar-refractivity contribution in [1.29, 1.82) is 5.41 Å². The monoisotopic (exact) mass is 143 g/mol. The smallest absolute Gasteiger partial charge is 0.185 e. The average molecular weight is 143 g/mol. The lowest BCUT2D eigenvalue weighted by molar-refractivity contribution is 0.0695. The molecule has 0 aliphatic carbocycles. The summed E-state index contributed by atoms with van der Waals surface area (Å²) in [5.74, 6) is 0.568. The molecule has 1 N–H and O–H groups in total. The van der Waals surface area contributed by atoms with Gasteiger partial charge in [0.25, 0.3) is 0 Å². The first-order chi connectivity index (χ1) is 4.84. The van der Waals surface area contributed by atoms with Gasteiger partial charge in [-0.05, 0) is 12.8 Å². The predicted octanol–water partition coefficient (Wildman–Crippen LogP) is 1.04. The molecular formula is C7H13NO2. The zero-order chi connectivity index (χ0) is 7.40.